The van der Waals surface area contributed by atoms with Gasteiger partial charge in [0.2, 0.25) is 0 Å². The van der Waals surface area contributed by atoms with Crippen molar-refractivity contribution in [2.45, 2.75) is 26.0 Å². The van der Waals surface area contributed by atoms with Gasteiger partial charge in [0.25, 0.3) is 5.91 Å². The van der Waals surface area contributed by atoms with Crippen molar-refractivity contribution in [1.82, 2.24) is 4.90 Å². The molecule has 0 unspecified atom stereocenters. The predicted octanol–water partition coefficient (Wildman–Crippen LogP) is 1.87. The lowest BCUT2D eigenvalue weighted by atomic mass is 10.1. The molecule has 0 bridgehead atoms. The number of rotatable bonds is 2. The minimum absolute atomic E-state index is 0.00582. The van der Waals surface area contributed by atoms with Gasteiger partial charge < -0.3 is 14.7 Å². The molecule has 1 aliphatic rings. The number of morpholine rings is 1. The second-order valence-electron chi connectivity index (χ2n) is 4.91. The van der Waals surface area contributed by atoms with Crippen molar-refractivity contribution in [2.75, 3.05) is 19.8 Å². The molecule has 1 fully saturated rings. The Bertz CT molecular complexity index is 478. The molecule has 0 saturated carbocycles. The summed E-state index contributed by atoms with van der Waals surface area (Å²) in [6.07, 6.45) is -0.298. The zero-order valence-corrected chi connectivity index (χ0v) is 11.9. The van der Waals surface area contributed by atoms with Gasteiger partial charge in [0.15, 0.2) is 0 Å². The minimum atomic E-state index is -0.298. The summed E-state index contributed by atoms with van der Waals surface area (Å²) in [5.74, 6) is -0.0472. The van der Waals surface area contributed by atoms with Crippen LogP contribution in [0.5, 0.6) is 0 Å². The van der Waals surface area contributed by atoms with Crippen LogP contribution in [0.2, 0.25) is 5.02 Å². The van der Waals surface area contributed by atoms with E-state index in [1.807, 2.05) is 13.8 Å². The first-order chi connectivity index (χ1) is 9.02. The Kier molecular flexibility index (Phi) is 4.45. The molecule has 2 rings (SSSR count). The zero-order valence-electron chi connectivity index (χ0n) is 11.1. The largest absolute Gasteiger partial charge is 0.394 e. The van der Waals surface area contributed by atoms with Crippen LogP contribution >= 0.6 is 11.6 Å². The van der Waals surface area contributed by atoms with Gasteiger partial charge in [-0.25, -0.2) is 0 Å². The predicted molar refractivity (Wildman–Crippen MR) is 73.5 cm³/mol. The summed E-state index contributed by atoms with van der Waals surface area (Å²) in [6.45, 7) is 4.60. The number of ether oxygens (including phenoxy) is 1. The normalized spacial score (nSPS) is 23.5. The van der Waals surface area contributed by atoms with E-state index >= 15 is 0 Å². The molecule has 0 aromatic heterocycles. The van der Waals surface area contributed by atoms with E-state index < -0.39 is 0 Å². The van der Waals surface area contributed by atoms with Crippen LogP contribution in [-0.2, 0) is 4.74 Å². The number of carbonyl (C=O) groups is 1. The molecule has 1 saturated heterocycles. The summed E-state index contributed by atoms with van der Waals surface area (Å²) in [5.41, 5.74) is 1.50. The molecule has 1 heterocycles. The van der Waals surface area contributed by atoms with E-state index in [0.717, 1.165) is 5.56 Å². The standard InChI is InChI=1S/C14H18ClNO3/c1-9-5-11(3-4-13(9)15)14(18)16-6-12(7-17)19-8-10(16)2/h3-5,10,12,17H,6-8H2,1-2H3/t10-,12-/m0/s1. The van der Waals surface area contributed by atoms with E-state index in [-0.39, 0.29) is 24.7 Å². The Morgan fingerprint density at radius 1 is 1.58 bits per heavy atom. The average molecular weight is 284 g/mol. The highest BCUT2D eigenvalue weighted by atomic mass is 35.5. The van der Waals surface area contributed by atoms with E-state index in [1.54, 1.807) is 23.1 Å². The number of carbonyl (C=O) groups excluding carboxylic acids is 1. The third kappa shape index (κ3) is 3.08. The smallest absolute Gasteiger partial charge is 0.254 e. The van der Waals surface area contributed by atoms with Crippen LogP contribution in [0.3, 0.4) is 0 Å². The number of aliphatic hydroxyl groups excluding tert-OH is 1. The number of halogens is 1. The van der Waals surface area contributed by atoms with Gasteiger partial charge in [-0.05, 0) is 37.6 Å². The summed E-state index contributed by atoms with van der Waals surface area (Å²) in [5, 5.41) is 9.80. The van der Waals surface area contributed by atoms with Crippen LogP contribution in [-0.4, -0.2) is 47.8 Å². The number of amides is 1. The van der Waals surface area contributed by atoms with Crippen LogP contribution in [0.4, 0.5) is 0 Å². The molecule has 0 spiro atoms. The van der Waals surface area contributed by atoms with Crippen molar-refractivity contribution in [3.05, 3.63) is 34.3 Å². The van der Waals surface area contributed by atoms with E-state index in [0.29, 0.717) is 23.7 Å². The lowest BCUT2D eigenvalue weighted by molar-refractivity contribution is -0.0667. The Morgan fingerprint density at radius 2 is 2.32 bits per heavy atom. The third-order valence-corrected chi connectivity index (χ3v) is 3.80. The summed E-state index contributed by atoms with van der Waals surface area (Å²) in [7, 11) is 0. The fraction of sp³-hybridized carbons (Fsp3) is 0.500. The van der Waals surface area contributed by atoms with Crippen molar-refractivity contribution < 1.29 is 14.6 Å². The highest BCUT2D eigenvalue weighted by Crippen LogP contribution is 2.20. The zero-order chi connectivity index (χ0) is 14.0. The van der Waals surface area contributed by atoms with E-state index in [2.05, 4.69) is 0 Å². The molecule has 4 nitrogen and oxygen atoms in total. The highest BCUT2D eigenvalue weighted by Gasteiger charge is 2.29. The summed E-state index contributed by atoms with van der Waals surface area (Å²) in [4.78, 5) is 14.2. The molecule has 1 N–H and O–H groups in total. The fourth-order valence-electron chi connectivity index (χ4n) is 2.15. The van der Waals surface area contributed by atoms with Gasteiger partial charge >= 0.3 is 0 Å². The number of benzene rings is 1. The number of hydrogen-bond acceptors (Lipinski definition) is 3. The van der Waals surface area contributed by atoms with Crippen molar-refractivity contribution in [2.24, 2.45) is 0 Å². The SMILES string of the molecule is Cc1cc(C(=O)N2C[C@@H](CO)OC[C@@H]2C)ccc1Cl. The van der Waals surface area contributed by atoms with Gasteiger partial charge in [-0.2, -0.15) is 0 Å². The molecule has 1 aromatic carbocycles. The van der Waals surface area contributed by atoms with Crippen molar-refractivity contribution in [3.63, 3.8) is 0 Å². The molecule has 1 amide bonds. The van der Waals surface area contributed by atoms with Crippen LogP contribution in [0.1, 0.15) is 22.8 Å². The van der Waals surface area contributed by atoms with Crippen molar-refractivity contribution in [3.8, 4) is 0 Å². The number of aryl methyl sites for hydroxylation is 1. The molecule has 2 atom stereocenters. The molecule has 1 aromatic rings. The summed E-state index contributed by atoms with van der Waals surface area (Å²) in [6, 6.07) is 5.26. The van der Waals surface area contributed by atoms with Crippen molar-refractivity contribution >= 4 is 17.5 Å². The highest BCUT2D eigenvalue weighted by molar-refractivity contribution is 6.31. The molecule has 0 aliphatic carbocycles. The van der Waals surface area contributed by atoms with Gasteiger partial charge in [-0.15, -0.1) is 0 Å². The van der Waals surface area contributed by atoms with Gasteiger partial charge in [0.05, 0.1) is 25.4 Å². The van der Waals surface area contributed by atoms with Crippen LogP contribution in [0, 0.1) is 6.92 Å². The Hall–Kier alpha value is -1.10. The van der Waals surface area contributed by atoms with Gasteiger partial charge in [0, 0.05) is 17.1 Å². The van der Waals surface area contributed by atoms with Crippen LogP contribution in [0.25, 0.3) is 0 Å². The monoisotopic (exact) mass is 283 g/mol. The van der Waals surface area contributed by atoms with E-state index in [1.165, 1.54) is 0 Å². The topological polar surface area (TPSA) is 49.8 Å². The maximum atomic E-state index is 12.5. The average Bonchev–Trinajstić information content (AvgIpc) is 2.41. The maximum Gasteiger partial charge on any atom is 0.254 e. The Balaban J connectivity index is 2.19. The minimum Gasteiger partial charge on any atom is -0.394 e. The lowest BCUT2D eigenvalue weighted by Gasteiger charge is -2.37. The second-order valence-corrected chi connectivity index (χ2v) is 5.32. The van der Waals surface area contributed by atoms with Crippen molar-refractivity contribution in [1.29, 1.82) is 0 Å². The lowest BCUT2D eigenvalue weighted by Crippen LogP contribution is -2.52. The molecular formula is C14H18ClNO3. The molecule has 1 aliphatic heterocycles. The van der Waals surface area contributed by atoms with Crippen LogP contribution < -0.4 is 0 Å². The molecule has 19 heavy (non-hydrogen) atoms. The fourth-order valence-corrected chi connectivity index (χ4v) is 2.27. The Labute approximate surface area is 117 Å². The maximum absolute atomic E-state index is 12.5. The second kappa shape index (κ2) is 5.90. The summed E-state index contributed by atoms with van der Waals surface area (Å²) >= 11 is 5.97. The molecule has 0 radical (unpaired) electrons. The van der Waals surface area contributed by atoms with Gasteiger partial charge in [-0.3, -0.25) is 4.79 Å². The van der Waals surface area contributed by atoms with Gasteiger partial charge in [-0.1, -0.05) is 11.6 Å². The first-order valence-corrected chi connectivity index (χ1v) is 6.70. The quantitative estimate of drug-likeness (QED) is 0.901. The third-order valence-electron chi connectivity index (χ3n) is 3.37. The first kappa shape index (κ1) is 14.3. The van der Waals surface area contributed by atoms with Gasteiger partial charge in [0.1, 0.15) is 0 Å². The number of nitrogens with zero attached hydrogens (tertiary/aromatic N) is 1. The first-order valence-electron chi connectivity index (χ1n) is 6.32. The molecule has 5 heteroatoms. The summed E-state index contributed by atoms with van der Waals surface area (Å²) < 4.78 is 5.43. The molecular weight excluding hydrogens is 266 g/mol. The van der Waals surface area contributed by atoms with Crippen LogP contribution in [0.15, 0.2) is 18.2 Å². The number of hydrogen-bond donors (Lipinski definition) is 1. The van der Waals surface area contributed by atoms with E-state index in [9.17, 15) is 4.79 Å². The number of aliphatic hydroxyl groups is 1. The molecule has 104 valence electrons. The van der Waals surface area contributed by atoms with E-state index in [4.69, 9.17) is 21.4 Å². The Morgan fingerprint density at radius 3 is 2.95 bits per heavy atom.